The molecule has 6 rings (SSSR count). The van der Waals surface area contributed by atoms with Gasteiger partial charge in [0.2, 0.25) is 0 Å². The number of halogens is 2. The molecule has 44 heavy (non-hydrogen) atoms. The maximum Gasteiger partial charge on any atom is 0.415 e. The van der Waals surface area contributed by atoms with Crippen molar-refractivity contribution in [1.29, 1.82) is 0 Å². The zero-order valence-electron chi connectivity index (χ0n) is 25.4. The Morgan fingerprint density at radius 2 is 1.68 bits per heavy atom. The van der Waals surface area contributed by atoms with Gasteiger partial charge in [-0.1, -0.05) is 53.5 Å². The van der Waals surface area contributed by atoms with Crippen LogP contribution >= 0.6 is 23.2 Å². The van der Waals surface area contributed by atoms with Crippen molar-refractivity contribution in [2.75, 3.05) is 26.3 Å². The number of nitrogens with zero attached hydrogens (tertiary/aromatic N) is 1. The lowest BCUT2D eigenvalue weighted by atomic mass is 9.89. The largest absolute Gasteiger partial charge is 0.490 e. The molecular formula is C35H39Cl2N3O4. The van der Waals surface area contributed by atoms with Gasteiger partial charge in [0.15, 0.2) is 5.75 Å². The third-order valence-corrected chi connectivity index (χ3v) is 9.22. The summed E-state index contributed by atoms with van der Waals surface area (Å²) in [6, 6.07) is 18.3. The van der Waals surface area contributed by atoms with Crippen LogP contribution in [0.25, 0.3) is 5.57 Å². The molecular weight excluding hydrogens is 597 g/mol. The van der Waals surface area contributed by atoms with Crippen LogP contribution in [-0.2, 0) is 11.3 Å². The third-order valence-electron chi connectivity index (χ3n) is 8.66. The molecule has 3 aromatic carbocycles. The molecule has 0 radical (unpaired) electrons. The molecule has 3 aromatic rings. The van der Waals surface area contributed by atoms with Gasteiger partial charge in [-0.2, -0.15) is 0 Å². The molecule has 2 unspecified atom stereocenters. The molecule has 2 atom stereocenters. The maximum atomic E-state index is 13.8. The van der Waals surface area contributed by atoms with E-state index in [1.54, 1.807) is 0 Å². The molecule has 2 fully saturated rings. The summed E-state index contributed by atoms with van der Waals surface area (Å²) in [6.45, 7) is 8.93. The van der Waals surface area contributed by atoms with Crippen molar-refractivity contribution in [3.63, 3.8) is 0 Å². The van der Waals surface area contributed by atoms with Gasteiger partial charge in [-0.15, -0.1) is 0 Å². The summed E-state index contributed by atoms with van der Waals surface area (Å²) >= 11 is 12.6. The summed E-state index contributed by atoms with van der Waals surface area (Å²) in [7, 11) is 0. The van der Waals surface area contributed by atoms with Crippen LogP contribution in [0.1, 0.15) is 47.1 Å². The second kappa shape index (κ2) is 13.4. The van der Waals surface area contributed by atoms with Gasteiger partial charge in [0.1, 0.15) is 24.7 Å². The van der Waals surface area contributed by atoms with Crippen LogP contribution in [0.5, 0.6) is 11.5 Å². The summed E-state index contributed by atoms with van der Waals surface area (Å²) in [5.41, 5.74) is 6.68. The molecule has 1 aliphatic carbocycles. The number of benzene rings is 3. The number of hydrogen-bond acceptors (Lipinski definition) is 6. The first-order chi connectivity index (χ1) is 21.3. The Bertz CT molecular complexity index is 1530. The van der Waals surface area contributed by atoms with Crippen LogP contribution in [0.3, 0.4) is 0 Å². The summed E-state index contributed by atoms with van der Waals surface area (Å²) in [4.78, 5) is 15.7. The third kappa shape index (κ3) is 7.02. The number of fused-ring (bicyclic) bond motifs is 2. The van der Waals surface area contributed by atoms with Crippen LogP contribution in [0, 0.1) is 20.8 Å². The number of piperazine rings is 1. The molecule has 1 saturated heterocycles. The molecule has 2 heterocycles. The van der Waals surface area contributed by atoms with E-state index in [1.165, 1.54) is 11.1 Å². The molecule has 0 aromatic heterocycles. The van der Waals surface area contributed by atoms with Gasteiger partial charge in [0.25, 0.3) is 0 Å². The Hall–Kier alpha value is -3.23. The van der Waals surface area contributed by atoms with Crippen molar-refractivity contribution in [2.24, 2.45) is 0 Å². The standard InChI is InChI=1S/C35H39Cl2N3O4/c1-21-15-30(36)34(31(37)16-21)43-14-13-42-28-11-7-24(8-12-28)29-17-26-18-38-19-32(39-26)33(29)44-35(41)40(27-9-10-27)20-25-6-4-5-22(2)23(25)3/h4-8,11-12,15-16,26-27,32,38-39H,9-10,13-14,17-20H2,1-3H3. The monoisotopic (exact) mass is 635 g/mol. The van der Waals surface area contributed by atoms with E-state index in [2.05, 4.69) is 42.7 Å². The number of aryl methyl sites for hydroxylation is 2. The molecule has 0 spiro atoms. The highest BCUT2D eigenvalue weighted by Crippen LogP contribution is 2.36. The van der Waals surface area contributed by atoms with Crippen molar-refractivity contribution in [1.82, 2.24) is 15.5 Å². The molecule has 2 N–H and O–H groups in total. The SMILES string of the molecule is Cc1cc(Cl)c(OCCOc2ccc(C3=C(OC(=O)N(Cc4cccc(C)c4C)C4CC4)C4CNCC(C3)N4)cc2)c(Cl)c1. The second-order valence-electron chi connectivity index (χ2n) is 12.0. The molecule has 1 amide bonds. The Morgan fingerprint density at radius 1 is 0.955 bits per heavy atom. The van der Waals surface area contributed by atoms with E-state index in [0.29, 0.717) is 47.9 Å². The Labute approximate surface area is 269 Å². The number of hydrogen-bond donors (Lipinski definition) is 2. The Kier molecular flexibility index (Phi) is 9.38. The summed E-state index contributed by atoms with van der Waals surface area (Å²) in [5.74, 6) is 1.90. The van der Waals surface area contributed by atoms with E-state index in [1.807, 2.05) is 48.2 Å². The van der Waals surface area contributed by atoms with Crippen LogP contribution in [0.15, 0.2) is 60.4 Å². The van der Waals surface area contributed by atoms with Crippen LogP contribution in [-0.4, -0.2) is 55.4 Å². The first-order valence-corrected chi connectivity index (χ1v) is 16.1. The van der Waals surface area contributed by atoms with Crippen molar-refractivity contribution >= 4 is 34.9 Å². The van der Waals surface area contributed by atoms with Crippen LogP contribution < -0.4 is 20.1 Å². The first kappa shape index (κ1) is 30.8. The van der Waals surface area contributed by atoms with Crippen molar-refractivity contribution < 1.29 is 19.0 Å². The molecule has 1 saturated carbocycles. The van der Waals surface area contributed by atoms with Crippen molar-refractivity contribution in [2.45, 2.75) is 64.7 Å². The highest BCUT2D eigenvalue weighted by Gasteiger charge is 2.38. The van der Waals surface area contributed by atoms with Gasteiger partial charge < -0.3 is 29.7 Å². The number of carbonyl (C=O) groups excluding carboxylic acids is 1. The summed E-state index contributed by atoms with van der Waals surface area (Å²) in [6.07, 6.45) is 2.50. The van der Waals surface area contributed by atoms with Gasteiger partial charge in [-0.3, -0.25) is 0 Å². The lowest BCUT2D eigenvalue weighted by molar-refractivity contribution is 0.111. The van der Waals surface area contributed by atoms with E-state index < -0.39 is 0 Å². The van der Waals surface area contributed by atoms with Crippen LogP contribution in [0.4, 0.5) is 4.79 Å². The highest BCUT2D eigenvalue weighted by atomic mass is 35.5. The minimum absolute atomic E-state index is 0.0725. The topological polar surface area (TPSA) is 72.1 Å². The highest BCUT2D eigenvalue weighted by molar-refractivity contribution is 6.37. The predicted molar refractivity (Wildman–Crippen MR) is 175 cm³/mol. The minimum Gasteiger partial charge on any atom is -0.490 e. The number of ether oxygens (including phenoxy) is 3. The fourth-order valence-electron chi connectivity index (χ4n) is 5.98. The van der Waals surface area contributed by atoms with Gasteiger partial charge in [-0.25, -0.2) is 4.79 Å². The Balaban J connectivity index is 1.15. The van der Waals surface area contributed by atoms with Gasteiger partial charge >= 0.3 is 6.09 Å². The number of amides is 1. The lowest BCUT2D eigenvalue weighted by Gasteiger charge is -2.39. The molecule has 232 valence electrons. The van der Waals surface area contributed by atoms with Crippen molar-refractivity contribution in [3.05, 3.63) is 98.2 Å². The zero-order valence-corrected chi connectivity index (χ0v) is 26.9. The van der Waals surface area contributed by atoms with E-state index in [0.717, 1.165) is 53.8 Å². The zero-order chi connectivity index (χ0) is 30.8. The predicted octanol–water partition coefficient (Wildman–Crippen LogP) is 7.22. The van der Waals surface area contributed by atoms with Gasteiger partial charge in [-0.05, 0) is 92.1 Å². The fraction of sp³-hybridized carbons (Fsp3) is 0.400. The number of rotatable bonds is 10. The average Bonchev–Trinajstić information content (AvgIpc) is 3.84. The molecule has 2 bridgehead atoms. The smallest absolute Gasteiger partial charge is 0.415 e. The lowest BCUT2D eigenvalue weighted by Crippen LogP contribution is -2.58. The van der Waals surface area contributed by atoms with Gasteiger partial charge in [0.05, 0.1) is 16.1 Å². The maximum absolute atomic E-state index is 13.8. The van der Waals surface area contributed by atoms with E-state index in [4.69, 9.17) is 37.4 Å². The quantitative estimate of drug-likeness (QED) is 0.229. The second-order valence-corrected chi connectivity index (χ2v) is 12.8. The molecule has 9 heteroatoms. The minimum atomic E-state index is -0.277. The molecule has 3 aliphatic rings. The van der Waals surface area contributed by atoms with Gasteiger partial charge in [0, 0.05) is 37.3 Å². The van der Waals surface area contributed by atoms with Crippen LogP contribution in [0.2, 0.25) is 10.0 Å². The number of carbonyl (C=O) groups is 1. The Morgan fingerprint density at radius 3 is 2.41 bits per heavy atom. The number of nitrogens with one attached hydrogen (secondary N) is 2. The molecule has 7 nitrogen and oxygen atoms in total. The summed E-state index contributed by atoms with van der Waals surface area (Å²) < 4.78 is 18.0. The normalized spacial score (nSPS) is 19.5. The molecule has 2 aliphatic heterocycles. The van der Waals surface area contributed by atoms with E-state index in [-0.39, 0.29) is 24.2 Å². The first-order valence-electron chi connectivity index (χ1n) is 15.3. The average molecular weight is 637 g/mol. The van der Waals surface area contributed by atoms with Crippen molar-refractivity contribution in [3.8, 4) is 11.5 Å². The fourth-order valence-corrected chi connectivity index (χ4v) is 6.69. The van der Waals surface area contributed by atoms with E-state index >= 15 is 0 Å². The van der Waals surface area contributed by atoms with E-state index in [9.17, 15) is 4.79 Å². The summed E-state index contributed by atoms with van der Waals surface area (Å²) in [5, 5.41) is 8.11.